The SMILES string of the molecule is Cc1c(F)cc(C(=O)O)cc1S(=O)(=O)CC(Cl)=CCl. The molecule has 0 aliphatic carbocycles. The van der Waals surface area contributed by atoms with Crippen LogP contribution in [0.25, 0.3) is 0 Å². The summed E-state index contributed by atoms with van der Waals surface area (Å²) in [5.74, 6) is -2.96. The van der Waals surface area contributed by atoms with Crippen molar-refractivity contribution in [2.24, 2.45) is 0 Å². The van der Waals surface area contributed by atoms with Crippen LogP contribution in [0.1, 0.15) is 15.9 Å². The Balaban J connectivity index is 3.45. The summed E-state index contributed by atoms with van der Waals surface area (Å²) in [5.41, 5.74) is 0.267. The van der Waals surface area contributed by atoms with Crippen LogP contribution in [0.5, 0.6) is 0 Å². The first-order chi connectivity index (χ1) is 8.69. The lowest BCUT2D eigenvalue weighted by Gasteiger charge is -2.09. The van der Waals surface area contributed by atoms with Gasteiger partial charge in [0, 0.05) is 16.1 Å². The van der Waals surface area contributed by atoms with Crippen molar-refractivity contribution in [2.75, 3.05) is 5.75 Å². The topological polar surface area (TPSA) is 71.4 Å². The van der Waals surface area contributed by atoms with Crippen molar-refractivity contribution < 1.29 is 22.7 Å². The Morgan fingerprint density at radius 3 is 2.53 bits per heavy atom. The van der Waals surface area contributed by atoms with E-state index in [-0.39, 0.29) is 10.6 Å². The summed E-state index contributed by atoms with van der Waals surface area (Å²) in [6.45, 7) is 1.24. The number of carboxylic acid groups (broad SMARTS) is 1. The lowest BCUT2D eigenvalue weighted by molar-refractivity contribution is 0.0696. The third-order valence-electron chi connectivity index (χ3n) is 2.32. The molecule has 0 heterocycles. The van der Waals surface area contributed by atoms with Crippen molar-refractivity contribution in [1.29, 1.82) is 0 Å². The van der Waals surface area contributed by atoms with Crippen LogP contribution in [0.15, 0.2) is 27.6 Å². The zero-order chi connectivity index (χ0) is 14.8. The highest BCUT2D eigenvalue weighted by Crippen LogP contribution is 2.24. The zero-order valence-electron chi connectivity index (χ0n) is 9.65. The number of rotatable bonds is 4. The number of hydrogen-bond acceptors (Lipinski definition) is 3. The quantitative estimate of drug-likeness (QED) is 0.923. The van der Waals surface area contributed by atoms with Crippen molar-refractivity contribution in [3.05, 3.63) is 39.6 Å². The smallest absolute Gasteiger partial charge is 0.335 e. The molecule has 1 aromatic rings. The second-order valence-corrected chi connectivity index (χ2v) is 6.36. The molecule has 19 heavy (non-hydrogen) atoms. The van der Waals surface area contributed by atoms with Gasteiger partial charge in [-0.1, -0.05) is 23.2 Å². The summed E-state index contributed by atoms with van der Waals surface area (Å²) in [6.07, 6.45) is 0. The Labute approximate surface area is 119 Å². The molecule has 0 spiro atoms. The predicted octanol–water partition coefficient (Wildman–Crippen LogP) is 2.93. The minimum absolute atomic E-state index is 0.151. The molecule has 1 N–H and O–H groups in total. The second-order valence-electron chi connectivity index (χ2n) is 3.70. The number of halogens is 3. The Kier molecular flexibility index (Phi) is 4.95. The lowest BCUT2D eigenvalue weighted by atomic mass is 10.1. The van der Waals surface area contributed by atoms with Crippen molar-refractivity contribution in [3.8, 4) is 0 Å². The molecular formula is C11H9Cl2FO4S. The summed E-state index contributed by atoms with van der Waals surface area (Å²) >= 11 is 10.8. The average Bonchev–Trinajstić information content (AvgIpc) is 2.31. The van der Waals surface area contributed by atoms with Crippen LogP contribution in [0.3, 0.4) is 0 Å². The minimum atomic E-state index is -3.97. The lowest BCUT2D eigenvalue weighted by Crippen LogP contribution is -2.11. The van der Waals surface area contributed by atoms with E-state index in [4.69, 9.17) is 28.3 Å². The minimum Gasteiger partial charge on any atom is -0.478 e. The molecule has 1 aromatic carbocycles. The molecule has 8 heteroatoms. The Morgan fingerprint density at radius 1 is 1.47 bits per heavy atom. The van der Waals surface area contributed by atoms with Gasteiger partial charge in [-0.3, -0.25) is 0 Å². The van der Waals surface area contributed by atoms with Gasteiger partial charge in [-0.25, -0.2) is 17.6 Å². The summed E-state index contributed by atoms with van der Waals surface area (Å²) in [7, 11) is -3.97. The molecule has 0 aliphatic heterocycles. The molecule has 1 rings (SSSR count). The maximum Gasteiger partial charge on any atom is 0.335 e. The van der Waals surface area contributed by atoms with E-state index < -0.39 is 37.8 Å². The molecule has 0 atom stereocenters. The van der Waals surface area contributed by atoms with E-state index in [0.29, 0.717) is 0 Å². The first-order valence-electron chi connectivity index (χ1n) is 4.90. The summed E-state index contributed by atoms with van der Waals surface area (Å²) in [4.78, 5) is 10.4. The Bertz CT molecular complexity index is 653. The summed E-state index contributed by atoms with van der Waals surface area (Å²) in [5, 5.41) is 8.65. The maximum atomic E-state index is 13.5. The third kappa shape index (κ3) is 3.68. The molecule has 0 saturated heterocycles. The molecule has 0 fully saturated rings. The van der Waals surface area contributed by atoms with Gasteiger partial charge in [0.05, 0.1) is 16.2 Å². The Morgan fingerprint density at radius 2 is 2.05 bits per heavy atom. The zero-order valence-corrected chi connectivity index (χ0v) is 12.0. The molecule has 4 nitrogen and oxygen atoms in total. The van der Waals surface area contributed by atoms with Gasteiger partial charge in [0.2, 0.25) is 0 Å². The van der Waals surface area contributed by atoms with E-state index in [9.17, 15) is 17.6 Å². The molecular weight excluding hydrogens is 318 g/mol. The van der Waals surface area contributed by atoms with Crippen LogP contribution in [-0.4, -0.2) is 25.2 Å². The van der Waals surface area contributed by atoms with Gasteiger partial charge in [0.25, 0.3) is 0 Å². The van der Waals surface area contributed by atoms with Crippen molar-refractivity contribution in [3.63, 3.8) is 0 Å². The highest BCUT2D eigenvalue weighted by Gasteiger charge is 2.23. The van der Waals surface area contributed by atoms with Gasteiger partial charge in [-0.05, 0) is 19.1 Å². The first-order valence-corrected chi connectivity index (χ1v) is 7.36. The largest absolute Gasteiger partial charge is 0.478 e. The average molecular weight is 327 g/mol. The predicted molar refractivity (Wildman–Crippen MR) is 69.9 cm³/mol. The number of sulfone groups is 1. The van der Waals surface area contributed by atoms with Gasteiger partial charge >= 0.3 is 5.97 Å². The van der Waals surface area contributed by atoms with Crippen molar-refractivity contribution in [1.82, 2.24) is 0 Å². The van der Waals surface area contributed by atoms with Crippen LogP contribution < -0.4 is 0 Å². The molecule has 104 valence electrons. The van der Waals surface area contributed by atoms with Gasteiger partial charge in [-0.2, -0.15) is 0 Å². The Hall–Kier alpha value is -1.11. The third-order valence-corrected chi connectivity index (χ3v) is 4.89. The van der Waals surface area contributed by atoms with Crippen LogP contribution >= 0.6 is 23.2 Å². The highest BCUT2D eigenvalue weighted by atomic mass is 35.5. The second kappa shape index (κ2) is 5.90. The van der Waals surface area contributed by atoms with E-state index in [1.165, 1.54) is 6.92 Å². The monoisotopic (exact) mass is 326 g/mol. The number of carbonyl (C=O) groups is 1. The first kappa shape index (κ1) is 15.9. The molecule has 0 amide bonds. The fourth-order valence-corrected chi connectivity index (χ4v) is 3.46. The molecule has 0 unspecified atom stereocenters. The van der Waals surface area contributed by atoms with Crippen LogP contribution in [-0.2, 0) is 9.84 Å². The molecule has 0 aromatic heterocycles. The van der Waals surface area contributed by atoms with Crippen LogP contribution in [0, 0.1) is 12.7 Å². The van der Waals surface area contributed by atoms with Gasteiger partial charge in [0.15, 0.2) is 9.84 Å². The molecule has 0 bridgehead atoms. The number of aromatic carboxylic acids is 1. The van der Waals surface area contributed by atoms with E-state index >= 15 is 0 Å². The fraction of sp³-hybridized carbons (Fsp3) is 0.182. The standard InChI is InChI=1S/C11H9Cl2FO4S/c1-6-9(14)2-7(11(15)16)3-10(6)19(17,18)5-8(13)4-12/h2-4H,5H2,1H3,(H,15,16). The fourth-order valence-electron chi connectivity index (χ4n) is 1.39. The van der Waals surface area contributed by atoms with Crippen LogP contribution in [0.4, 0.5) is 4.39 Å². The van der Waals surface area contributed by atoms with Gasteiger partial charge in [0.1, 0.15) is 5.82 Å². The number of carboxylic acids is 1. The molecule has 0 saturated carbocycles. The normalized spacial score (nSPS) is 12.5. The highest BCUT2D eigenvalue weighted by molar-refractivity contribution is 7.91. The maximum absolute atomic E-state index is 13.5. The van der Waals surface area contributed by atoms with E-state index in [1.54, 1.807) is 0 Å². The molecule has 0 aliphatic rings. The van der Waals surface area contributed by atoms with Crippen LogP contribution in [0.2, 0.25) is 0 Å². The summed E-state index contributed by atoms with van der Waals surface area (Å²) in [6, 6.07) is 1.66. The van der Waals surface area contributed by atoms with E-state index in [2.05, 4.69) is 0 Å². The van der Waals surface area contributed by atoms with E-state index in [1.807, 2.05) is 0 Å². The van der Waals surface area contributed by atoms with E-state index in [0.717, 1.165) is 17.7 Å². The van der Waals surface area contributed by atoms with Crippen molar-refractivity contribution in [2.45, 2.75) is 11.8 Å². The van der Waals surface area contributed by atoms with Gasteiger partial charge in [-0.15, -0.1) is 0 Å². The number of hydrogen-bond donors (Lipinski definition) is 1. The van der Waals surface area contributed by atoms with Crippen molar-refractivity contribution >= 4 is 39.0 Å². The summed E-state index contributed by atoms with van der Waals surface area (Å²) < 4.78 is 37.6. The number of benzene rings is 1. The van der Waals surface area contributed by atoms with Gasteiger partial charge < -0.3 is 5.11 Å². The molecule has 0 radical (unpaired) electrons.